The maximum Gasteiger partial charge on any atom is 0.416 e. The first-order valence-corrected chi connectivity index (χ1v) is 9.33. The lowest BCUT2D eigenvalue weighted by atomic mass is 10.0. The Bertz CT molecular complexity index is 821. The molecule has 0 radical (unpaired) electrons. The van der Waals surface area contributed by atoms with Gasteiger partial charge in [0.15, 0.2) is 5.82 Å². The molecule has 0 amide bonds. The smallest absolute Gasteiger partial charge is 0.416 e. The van der Waals surface area contributed by atoms with E-state index < -0.39 is 44.8 Å². The maximum absolute atomic E-state index is 13.0. The molecular weight excluding hydrogens is 528 g/mol. The Hall–Kier alpha value is -1.63. The van der Waals surface area contributed by atoms with Gasteiger partial charge in [-0.05, 0) is 25.1 Å². The van der Waals surface area contributed by atoms with E-state index in [0.29, 0.717) is 12.1 Å². The van der Waals surface area contributed by atoms with Gasteiger partial charge in [-0.25, -0.2) is 9.67 Å². The van der Waals surface area contributed by atoms with Crippen LogP contribution in [0.25, 0.3) is 11.4 Å². The third-order valence-corrected chi connectivity index (χ3v) is 5.89. The summed E-state index contributed by atoms with van der Waals surface area (Å²) in [6.07, 6.45) is -8.90. The fourth-order valence-corrected chi connectivity index (χ4v) is 2.87. The number of aromatic nitrogens is 3. The second-order valence-electron chi connectivity index (χ2n) is 5.37. The number of halogens is 8. The summed E-state index contributed by atoms with van der Waals surface area (Å²) in [5.41, 5.74) is -3.43. The van der Waals surface area contributed by atoms with Crippen LogP contribution in [0.5, 0.6) is 0 Å². The van der Waals surface area contributed by atoms with Gasteiger partial charge in [-0.1, -0.05) is 31.9 Å². The molecule has 0 aliphatic rings. The van der Waals surface area contributed by atoms with E-state index in [1.165, 1.54) is 0 Å². The second kappa shape index (κ2) is 8.39. The molecule has 2 aromatic rings. The highest BCUT2D eigenvalue weighted by atomic mass is 79.9. The standard InChI is InChI=1S/C15H11Br2F6N3O2/c1-2-28-13(27)10(16)11(17)26-6-24-12(25-26)7-3-8(14(18,19)20)5-9(4-7)15(21,22)23/h3-6,10-11H,2H2,1H3. The first kappa shape index (κ1) is 22.7. The third-order valence-electron chi connectivity index (χ3n) is 3.36. The summed E-state index contributed by atoms with van der Waals surface area (Å²) < 4.78 is 83.7. The van der Waals surface area contributed by atoms with E-state index in [-0.39, 0.29) is 18.5 Å². The zero-order chi connectivity index (χ0) is 21.3. The lowest BCUT2D eigenvalue weighted by molar-refractivity contribution is -0.144. The van der Waals surface area contributed by atoms with Gasteiger partial charge in [0, 0.05) is 5.56 Å². The van der Waals surface area contributed by atoms with Crippen LogP contribution in [-0.2, 0) is 21.9 Å². The van der Waals surface area contributed by atoms with Crippen molar-refractivity contribution in [2.75, 3.05) is 6.61 Å². The predicted molar refractivity (Wildman–Crippen MR) is 92.8 cm³/mol. The molecule has 0 aliphatic heterocycles. The van der Waals surface area contributed by atoms with E-state index in [2.05, 4.69) is 41.9 Å². The van der Waals surface area contributed by atoms with E-state index in [0.717, 1.165) is 11.0 Å². The minimum Gasteiger partial charge on any atom is -0.465 e. The molecule has 1 heterocycles. The monoisotopic (exact) mass is 537 g/mol. The van der Waals surface area contributed by atoms with Crippen molar-refractivity contribution >= 4 is 37.8 Å². The number of hydrogen-bond donors (Lipinski definition) is 0. The normalized spacial score (nSPS) is 14.6. The van der Waals surface area contributed by atoms with Crippen LogP contribution >= 0.6 is 31.9 Å². The highest BCUT2D eigenvalue weighted by Gasteiger charge is 2.37. The number of benzene rings is 1. The molecular formula is C15H11Br2F6N3O2. The molecule has 28 heavy (non-hydrogen) atoms. The molecule has 2 unspecified atom stereocenters. The van der Waals surface area contributed by atoms with Crippen LogP contribution in [-0.4, -0.2) is 32.2 Å². The topological polar surface area (TPSA) is 57.0 Å². The summed E-state index contributed by atoms with van der Waals surface area (Å²) in [7, 11) is 0. The van der Waals surface area contributed by atoms with E-state index in [4.69, 9.17) is 4.74 Å². The molecule has 0 saturated carbocycles. The molecule has 0 saturated heterocycles. The number of rotatable bonds is 5. The van der Waals surface area contributed by atoms with Crippen molar-refractivity contribution in [2.45, 2.75) is 29.1 Å². The molecule has 0 aliphatic carbocycles. The minimum absolute atomic E-state index is 0.0169. The molecule has 0 N–H and O–H groups in total. The second-order valence-corrected chi connectivity index (χ2v) is 7.29. The van der Waals surface area contributed by atoms with E-state index >= 15 is 0 Å². The van der Waals surface area contributed by atoms with Crippen molar-refractivity contribution in [2.24, 2.45) is 0 Å². The summed E-state index contributed by atoms with van der Waals surface area (Å²) in [6.45, 7) is 1.72. The zero-order valence-electron chi connectivity index (χ0n) is 13.9. The van der Waals surface area contributed by atoms with E-state index in [9.17, 15) is 31.1 Å². The molecule has 5 nitrogen and oxygen atoms in total. The van der Waals surface area contributed by atoms with Gasteiger partial charge in [-0.15, -0.1) is 5.10 Å². The fourth-order valence-electron chi connectivity index (χ4n) is 2.08. The number of alkyl halides is 8. The number of esters is 1. The Morgan fingerprint density at radius 3 is 2.11 bits per heavy atom. The maximum atomic E-state index is 13.0. The molecule has 154 valence electrons. The van der Waals surface area contributed by atoms with Gasteiger partial charge in [0.2, 0.25) is 0 Å². The van der Waals surface area contributed by atoms with Gasteiger partial charge >= 0.3 is 18.3 Å². The molecule has 13 heteroatoms. The Morgan fingerprint density at radius 2 is 1.64 bits per heavy atom. The Morgan fingerprint density at radius 1 is 1.11 bits per heavy atom. The van der Waals surface area contributed by atoms with E-state index in [1.54, 1.807) is 6.92 Å². The average Bonchev–Trinajstić information content (AvgIpc) is 3.08. The van der Waals surface area contributed by atoms with Gasteiger partial charge in [0.25, 0.3) is 0 Å². The highest BCUT2D eigenvalue weighted by Crippen LogP contribution is 2.38. The van der Waals surface area contributed by atoms with Crippen molar-refractivity contribution in [1.82, 2.24) is 14.8 Å². The van der Waals surface area contributed by atoms with Crippen molar-refractivity contribution in [3.8, 4) is 11.4 Å². The largest absolute Gasteiger partial charge is 0.465 e. The number of nitrogens with zero attached hydrogens (tertiary/aromatic N) is 3. The van der Waals surface area contributed by atoms with Crippen LogP contribution in [0.15, 0.2) is 24.5 Å². The highest BCUT2D eigenvalue weighted by molar-refractivity contribution is 9.12. The summed E-state index contributed by atoms with van der Waals surface area (Å²) >= 11 is 6.23. The first-order chi connectivity index (χ1) is 12.8. The number of hydrogen-bond acceptors (Lipinski definition) is 4. The average molecular weight is 539 g/mol. The van der Waals surface area contributed by atoms with Crippen LogP contribution in [0, 0.1) is 0 Å². The van der Waals surface area contributed by atoms with Crippen LogP contribution in [0.4, 0.5) is 26.3 Å². The molecule has 1 aromatic carbocycles. The predicted octanol–water partition coefficient (Wildman–Crippen LogP) is 5.20. The quantitative estimate of drug-likeness (QED) is 0.298. The molecule has 1 aromatic heterocycles. The summed E-state index contributed by atoms with van der Waals surface area (Å²) in [5, 5.41) is 3.88. The SMILES string of the molecule is CCOC(=O)C(Br)C(Br)n1cnc(-c2cc(C(F)(F)F)cc(C(F)(F)F)c2)n1. The van der Waals surface area contributed by atoms with Crippen molar-refractivity contribution in [3.05, 3.63) is 35.7 Å². The molecule has 0 fully saturated rings. The zero-order valence-corrected chi connectivity index (χ0v) is 17.0. The lowest BCUT2D eigenvalue weighted by Crippen LogP contribution is -2.25. The van der Waals surface area contributed by atoms with Crippen LogP contribution in [0.1, 0.15) is 23.0 Å². The number of ether oxygens (including phenoxy) is 1. The van der Waals surface area contributed by atoms with Gasteiger partial charge < -0.3 is 4.74 Å². The molecule has 0 bridgehead atoms. The Balaban J connectivity index is 2.42. The third kappa shape index (κ3) is 5.25. The Kier molecular flexibility index (Phi) is 6.79. The van der Waals surface area contributed by atoms with Gasteiger partial charge in [0.1, 0.15) is 16.1 Å². The number of carbonyl (C=O) groups is 1. The van der Waals surface area contributed by atoms with Gasteiger partial charge in [-0.2, -0.15) is 26.3 Å². The minimum atomic E-state index is -4.98. The van der Waals surface area contributed by atoms with Crippen molar-refractivity contribution in [3.63, 3.8) is 0 Å². The summed E-state index contributed by atoms with van der Waals surface area (Å²) in [5.74, 6) is -1.01. The van der Waals surface area contributed by atoms with E-state index in [1.807, 2.05) is 0 Å². The van der Waals surface area contributed by atoms with Crippen LogP contribution < -0.4 is 0 Å². The summed E-state index contributed by atoms with van der Waals surface area (Å²) in [6, 6.07) is 1.06. The van der Waals surface area contributed by atoms with Gasteiger partial charge in [0.05, 0.1) is 17.7 Å². The van der Waals surface area contributed by atoms with Crippen LogP contribution in [0.2, 0.25) is 0 Å². The fraction of sp³-hybridized carbons (Fsp3) is 0.400. The molecule has 2 rings (SSSR count). The lowest BCUT2D eigenvalue weighted by Gasteiger charge is -2.15. The Labute approximate surface area is 171 Å². The van der Waals surface area contributed by atoms with Crippen LogP contribution in [0.3, 0.4) is 0 Å². The van der Waals surface area contributed by atoms with Crippen molar-refractivity contribution in [1.29, 1.82) is 0 Å². The van der Waals surface area contributed by atoms with Gasteiger partial charge in [-0.3, -0.25) is 4.79 Å². The number of carbonyl (C=O) groups excluding carboxylic acids is 1. The van der Waals surface area contributed by atoms with Crippen molar-refractivity contribution < 1.29 is 35.9 Å². The summed E-state index contributed by atoms with van der Waals surface area (Å²) in [4.78, 5) is 13.7. The first-order valence-electron chi connectivity index (χ1n) is 7.50. The molecule has 0 spiro atoms. The molecule has 2 atom stereocenters.